The van der Waals surface area contributed by atoms with Crippen molar-refractivity contribution in [3.63, 3.8) is 0 Å². The molecule has 0 saturated heterocycles. The van der Waals surface area contributed by atoms with Gasteiger partial charge in [-0.1, -0.05) is 19.3 Å². The molecule has 16 heavy (non-hydrogen) atoms. The Labute approximate surface area is 111 Å². The van der Waals surface area contributed by atoms with Crippen molar-refractivity contribution >= 4 is 28.4 Å². The molecule has 1 aliphatic rings. The van der Waals surface area contributed by atoms with E-state index >= 15 is 0 Å². The number of nitrogens with zero attached hydrogens (tertiary/aromatic N) is 2. The molecule has 1 aromatic rings. The highest BCUT2D eigenvalue weighted by Crippen LogP contribution is 2.32. The monoisotopic (exact) mass is 331 g/mol. The SMILES string of the molecule is CNc1nc(C2CCCCC2)nc(C)c1I. The van der Waals surface area contributed by atoms with E-state index in [4.69, 9.17) is 0 Å². The van der Waals surface area contributed by atoms with Crippen LogP contribution in [0.15, 0.2) is 0 Å². The molecule has 88 valence electrons. The van der Waals surface area contributed by atoms with Crippen LogP contribution in [0.3, 0.4) is 0 Å². The molecule has 1 heterocycles. The van der Waals surface area contributed by atoms with E-state index in [-0.39, 0.29) is 0 Å². The molecule has 1 fully saturated rings. The van der Waals surface area contributed by atoms with Gasteiger partial charge in [-0.2, -0.15) is 0 Å². The van der Waals surface area contributed by atoms with Crippen molar-refractivity contribution in [1.82, 2.24) is 9.97 Å². The molecule has 1 aromatic heterocycles. The maximum absolute atomic E-state index is 4.65. The van der Waals surface area contributed by atoms with Gasteiger partial charge in [-0.25, -0.2) is 9.97 Å². The molecule has 0 atom stereocenters. The van der Waals surface area contributed by atoms with Gasteiger partial charge in [0.15, 0.2) is 0 Å². The summed E-state index contributed by atoms with van der Waals surface area (Å²) in [6, 6.07) is 0. The van der Waals surface area contributed by atoms with Crippen molar-refractivity contribution in [3.05, 3.63) is 15.1 Å². The molecule has 0 unspecified atom stereocenters. The fourth-order valence-corrected chi connectivity index (χ4v) is 2.80. The number of aromatic nitrogens is 2. The Bertz CT molecular complexity index is 373. The molecule has 0 spiro atoms. The van der Waals surface area contributed by atoms with Crippen molar-refractivity contribution in [2.75, 3.05) is 12.4 Å². The van der Waals surface area contributed by atoms with Crippen molar-refractivity contribution in [2.24, 2.45) is 0 Å². The van der Waals surface area contributed by atoms with Gasteiger partial charge in [0.1, 0.15) is 11.6 Å². The normalized spacial score (nSPS) is 17.4. The molecule has 2 rings (SSSR count). The maximum atomic E-state index is 4.65. The smallest absolute Gasteiger partial charge is 0.143 e. The highest BCUT2D eigenvalue weighted by atomic mass is 127. The van der Waals surface area contributed by atoms with Gasteiger partial charge in [0.25, 0.3) is 0 Å². The number of anilines is 1. The third-order valence-corrected chi connectivity index (χ3v) is 4.53. The van der Waals surface area contributed by atoms with Crippen molar-refractivity contribution in [1.29, 1.82) is 0 Å². The molecule has 4 heteroatoms. The third-order valence-electron chi connectivity index (χ3n) is 3.24. The van der Waals surface area contributed by atoms with Gasteiger partial charge in [-0.15, -0.1) is 0 Å². The molecular formula is C12H18IN3. The molecule has 0 amide bonds. The third kappa shape index (κ3) is 2.47. The highest BCUT2D eigenvalue weighted by Gasteiger charge is 2.20. The minimum Gasteiger partial charge on any atom is -0.372 e. The fraction of sp³-hybridized carbons (Fsp3) is 0.667. The first-order valence-electron chi connectivity index (χ1n) is 5.94. The molecule has 1 N–H and O–H groups in total. The standard InChI is InChI=1S/C12H18IN3/c1-8-10(13)12(14-2)16-11(15-8)9-6-4-3-5-7-9/h9H,3-7H2,1-2H3,(H,14,15,16). The van der Waals surface area contributed by atoms with Crippen molar-refractivity contribution in [2.45, 2.75) is 44.9 Å². The predicted molar refractivity (Wildman–Crippen MR) is 74.9 cm³/mol. The molecule has 0 bridgehead atoms. The Kier molecular flexibility index (Phi) is 4.00. The lowest BCUT2D eigenvalue weighted by molar-refractivity contribution is 0.428. The summed E-state index contributed by atoms with van der Waals surface area (Å²) in [4.78, 5) is 9.29. The summed E-state index contributed by atoms with van der Waals surface area (Å²) in [6.45, 7) is 2.07. The summed E-state index contributed by atoms with van der Waals surface area (Å²) >= 11 is 2.30. The molecule has 0 aromatic carbocycles. The lowest BCUT2D eigenvalue weighted by Gasteiger charge is -2.21. The van der Waals surface area contributed by atoms with Crippen LogP contribution in [-0.4, -0.2) is 17.0 Å². The Morgan fingerprint density at radius 1 is 1.19 bits per heavy atom. The van der Waals surface area contributed by atoms with Crippen molar-refractivity contribution < 1.29 is 0 Å². The quantitative estimate of drug-likeness (QED) is 0.843. The van der Waals surface area contributed by atoms with Gasteiger partial charge in [0.2, 0.25) is 0 Å². The van der Waals surface area contributed by atoms with E-state index in [1.165, 1.54) is 32.1 Å². The van der Waals surface area contributed by atoms with Gasteiger partial charge in [0, 0.05) is 13.0 Å². The van der Waals surface area contributed by atoms with Crippen LogP contribution in [0.5, 0.6) is 0 Å². The highest BCUT2D eigenvalue weighted by molar-refractivity contribution is 14.1. The van der Waals surface area contributed by atoms with Crippen LogP contribution in [0.2, 0.25) is 0 Å². The number of nitrogens with one attached hydrogen (secondary N) is 1. The molecule has 1 saturated carbocycles. The summed E-state index contributed by atoms with van der Waals surface area (Å²) in [7, 11) is 1.93. The second-order valence-corrected chi connectivity index (χ2v) is 5.49. The van der Waals surface area contributed by atoms with E-state index in [1.54, 1.807) is 0 Å². The minimum atomic E-state index is 0.580. The van der Waals surface area contributed by atoms with Gasteiger partial charge in [-0.3, -0.25) is 0 Å². The van der Waals surface area contributed by atoms with E-state index in [1.807, 2.05) is 7.05 Å². The lowest BCUT2D eigenvalue weighted by atomic mass is 9.88. The fourth-order valence-electron chi connectivity index (χ4n) is 2.29. The zero-order valence-electron chi connectivity index (χ0n) is 9.89. The first kappa shape index (κ1) is 12.1. The molecule has 0 aliphatic heterocycles. The summed E-state index contributed by atoms with van der Waals surface area (Å²) in [5.74, 6) is 2.60. The van der Waals surface area contributed by atoms with Crippen LogP contribution in [-0.2, 0) is 0 Å². The van der Waals surface area contributed by atoms with Gasteiger partial charge in [0.05, 0.1) is 9.26 Å². The zero-order chi connectivity index (χ0) is 11.5. The van der Waals surface area contributed by atoms with Crippen LogP contribution >= 0.6 is 22.6 Å². The summed E-state index contributed by atoms with van der Waals surface area (Å²) in [5, 5.41) is 3.16. The first-order valence-corrected chi connectivity index (χ1v) is 7.02. The Morgan fingerprint density at radius 2 is 1.88 bits per heavy atom. The van der Waals surface area contributed by atoms with E-state index in [0.717, 1.165) is 20.9 Å². The lowest BCUT2D eigenvalue weighted by Crippen LogP contribution is -2.12. The average Bonchev–Trinajstić information content (AvgIpc) is 2.33. The minimum absolute atomic E-state index is 0.580. The van der Waals surface area contributed by atoms with Crippen LogP contribution in [0.25, 0.3) is 0 Å². The van der Waals surface area contributed by atoms with E-state index in [0.29, 0.717) is 5.92 Å². The number of rotatable bonds is 2. The van der Waals surface area contributed by atoms with Gasteiger partial charge < -0.3 is 5.32 Å². The molecule has 1 aliphatic carbocycles. The molecule has 0 radical (unpaired) electrons. The Balaban J connectivity index is 2.29. The summed E-state index contributed by atoms with van der Waals surface area (Å²) in [6.07, 6.45) is 6.53. The second kappa shape index (κ2) is 5.29. The maximum Gasteiger partial charge on any atom is 0.143 e. The van der Waals surface area contributed by atoms with E-state index in [2.05, 4.69) is 44.8 Å². The predicted octanol–water partition coefficient (Wildman–Crippen LogP) is 3.48. The van der Waals surface area contributed by atoms with Crippen LogP contribution in [0, 0.1) is 10.5 Å². The summed E-state index contributed by atoms with van der Waals surface area (Å²) < 4.78 is 1.14. The number of aryl methyl sites for hydroxylation is 1. The van der Waals surface area contributed by atoms with Crippen LogP contribution in [0.4, 0.5) is 5.82 Å². The average molecular weight is 331 g/mol. The molecular weight excluding hydrogens is 313 g/mol. The number of hydrogen-bond donors (Lipinski definition) is 1. The number of halogens is 1. The van der Waals surface area contributed by atoms with Crippen LogP contribution < -0.4 is 5.32 Å². The Hall–Kier alpha value is -0.390. The zero-order valence-corrected chi connectivity index (χ0v) is 12.0. The topological polar surface area (TPSA) is 37.8 Å². The van der Waals surface area contributed by atoms with Crippen LogP contribution in [0.1, 0.15) is 49.5 Å². The Morgan fingerprint density at radius 3 is 2.50 bits per heavy atom. The van der Waals surface area contributed by atoms with Gasteiger partial charge >= 0.3 is 0 Å². The van der Waals surface area contributed by atoms with E-state index < -0.39 is 0 Å². The summed E-state index contributed by atoms with van der Waals surface area (Å²) in [5.41, 5.74) is 1.10. The first-order chi connectivity index (χ1) is 7.72. The second-order valence-electron chi connectivity index (χ2n) is 4.41. The van der Waals surface area contributed by atoms with Gasteiger partial charge in [-0.05, 0) is 42.4 Å². The largest absolute Gasteiger partial charge is 0.372 e. The molecule has 3 nitrogen and oxygen atoms in total. The number of hydrogen-bond acceptors (Lipinski definition) is 3. The van der Waals surface area contributed by atoms with E-state index in [9.17, 15) is 0 Å². The van der Waals surface area contributed by atoms with Crippen molar-refractivity contribution in [3.8, 4) is 0 Å².